The number of nitrogens with one attached hydrogen (secondary N) is 1. The monoisotopic (exact) mass is 410 g/mol. The summed E-state index contributed by atoms with van der Waals surface area (Å²) in [7, 11) is 0. The molecule has 0 heterocycles. The van der Waals surface area contributed by atoms with Crippen LogP contribution in [0.5, 0.6) is 0 Å². The van der Waals surface area contributed by atoms with E-state index in [1.54, 1.807) is 31.2 Å². The quantitative estimate of drug-likeness (QED) is 0.691. The van der Waals surface area contributed by atoms with Gasteiger partial charge in [-0.1, -0.05) is 41.9 Å². The smallest absolute Gasteiger partial charge is 0.330 e. The number of halogens is 4. The molecule has 0 aliphatic rings. The van der Waals surface area contributed by atoms with E-state index in [4.69, 9.17) is 11.6 Å². The van der Waals surface area contributed by atoms with Gasteiger partial charge in [0.25, 0.3) is 0 Å². The Bertz CT molecular complexity index is 882. The van der Waals surface area contributed by atoms with Crippen molar-refractivity contribution in [3.8, 4) is 0 Å². The molecule has 4 nitrogen and oxygen atoms in total. The number of alkyl halides is 3. The summed E-state index contributed by atoms with van der Waals surface area (Å²) in [5, 5.41) is 2.69. The summed E-state index contributed by atoms with van der Waals surface area (Å²) < 4.78 is 39.0. The molecule has 2 aromatic carbocycles. The number of benzene rings is 2. The summed E-state index contributed by atoms with van der Waals surface area (Å²) in [5.41, 5.74) is -0.663. The predicted octanol–water partition coefficient (Wildman–Crippen LogP) is 4.86. The van der Waals surface area contributed by atoms with Crippen LogP contribution in [0.15, 0.2) is 54.6 Å². The third kappa shape index (κ3) is 5.85. The lowest BCUT2D eigenvalue weighted by Gasteiger charge is -2.19. The zero-order chi connectivity index (χ0) is 20.7. The van der Waals surface area contributed by atoms with E-state index in [1.165, 1.54) is 29.2 Å². The Hall–Kier alpha value is -2.80. The Kier molecular flexibility index (Phi) is 7.23. The van der Waals surface area contributed by atoms with Crippen LogP contribution >= 0.6 is 11.6 Å². The van der Waals surface area contributed by atoms with Gasteiger partial charge in [0.15, 0.2) is 0 Å². The van der Waals surface area contributed by atoms with Gasteiger partial charge in [0.2, 0.25) is 11.8 Å². The lowest BCUT2D eigenvalue weighted by molar-refractivity contribution is -0.137. The highest BCUT2D eigenvalue weighted by Crippen LogP contribution is 2.34. The SMILES string of the molecule is CCN(CC(=O)Nc1ccccc1C(F)(F)F)C(=O)/C=C/c1ccccc1Cl. The molecule has 0 aliphatic carbocycles. The van der Waals surface area contributed by atoms with Crippen molar-refractivity contribution in [2.75, 3.05) is 18.4 Å². The maximum Gasteiger partial charge on any atom is 0.418 e. The van der Waals surface area contributed by atoms with Crippen LogP contribution in [0, 0.1) is 0 Å². The van der Waals surface area contributed by atoms with E-state index >= 15 is 0 Å². The summed E-state index contributed by atoms with van der Waals surface area (Å²) in [5.74, 6) is -1.18. The van der Waals surface area contributed by atoms with Crippen molar-refractivity contribution in [1.82, 2.24) is 4.90 Å². The van der Waals surface area contributed by atoms with Gasteiger partial charge in [0, 0.05) is 17.6 Å². The molecule has 0 bridgehead atoms. The highest BCUT2D eigenvalue weighted by molar-refractivity contribution is 6.32. The van der Waals surface area contributed by atoms with Gasteiger partial charge in [-0.05, 0) is 36.8 Å². The second-order valence-corrected chi connectivity index (χ2v) is 6.21. The molecular formula is C20H18ClF3N2O2. The van der Waals surface area contributed by atoms with Gasteiger partial charge in [-0.15, -0.1) is 0 Å². The van der Waals surface area contributed by atoms with E-state index < -0.39 is 23.6 Å². The molecule has 0 aromatic heterocycles. The van der Waals surface area contributed by atoms with Gasteiger partial charge >= 0.3 is 6.18 Å². The normalized spacial score (nSPS) is 11.5. The van der Waals surface area contributed by atoms with Crippen LogP contribution in [0.3, 0.4) is 0 Å². The molecule has 0 spiro atoms. The number of anilines is 1. The maximum atomic E-state index is 13.0. The van der Waals surface area contributed by atoms with Crippen molar-refractivity contribution in [1.29, 1.82) is 0 Å². The Morgan fingerprint density at radius 3 is 2.39 bits per heavy atom. The van der Waals surface area contributed by atoms with Gasteiger partial charge < -0.3 is 10.2 Å². The minimum Gasteiger partial charge on any atom is -0.330 e. The highest BCUT2D eigenvalue weighted by atomic mass is 35.5. The lowest BCUT2D eigenvalue weighted by atomic mass is 10.1. The number of likely N-dealkylation sites (N-methyl/N-ethyl adjacent to an activating group) is 1. The van der Waals surface area contributed by atoms with Crippen LogP contribution < -0.4 is 5.32 Å². The molecule has 0 unspecified atom stereocenters. The fraction of sp³-hybridized carbons (Fsp3) is 0.200. The number of rotatable bonds is 6. The minimum atomic E-state index is -4.60. The van der Waals surface area contributed by atoms with E-state index in [2.05, 4.69) is 5.32 Å². The number of nitrogens with zero attached hydrogens (tertiary/aromatic N) is 1. The van der Waals surface area contributed by atoms with Gasteiger partial charge in [-0.25, -0.2) is 0 Å². The van der Waals surface area contributed by atoms with Crippen LogP contribution in [0.2, 0.25) is 5.02 Å². The van der Waals surface area contributed by atoms with Crippen molar-refractivity contribution in [3.63, 3.8) is 0 Å². The molecular weight excluding hydrogens is 393 g/mol. The first-order chi connectivity index (χ1) is 13.2. The van der Waals surface area contributed by atoms with Crippen molar-refractivity contribution < 1.29 is 22.8 Å². The van der Waals surface area contributed by atoms with Crippen LogP contribution in [-0.4, -0.2) is 29.8 Å². The molecule has 28 heavy (non-hydrogen) atoms. The van der Waals surface area contributed by atoms with Crippen molar-refractivity contribution in [3.05, 3.63) is 70.8 Å². The molecule has 148 valence electrons. The summed E-state index contributed by atoms with van der Waals surface area (Å²) in [6, 6.07) is 11.6. The standard InChI is InChI=1S/C20H18ClF3N2O2/c1-2-26(19(28)12-11-14-7-3-5-9-16(14)21)13-18(27)25-17-10-6-4-8-15(17)20(22,23)24/h3-12H,2,13H2,1H3,(H,25,27)/b12-11+. The summed E-state index contributed by atoms with van der Waals surface area (Å²) in [6.07, 6.45) is -1.81. The number of amides is 2. The van der Waals surface area contributed by atoms with Crippen LogP contribution in [-0.2, 0) is 15.8 Å². The Morgan fingerprint density at radius 1 is 1.11 bits per heavy atom. The summed E-state index contributed by atoms with van der Waals surface area (Å²) in [4.78, 5) is 25.7. The van der Waals surface area contributed by atoms with Crippen LogP contribution in [0.1, 0.15) is 18.1 Å². The topological polar surface area (TPSA) is 49.4 Å². The lowest BCUT2D eigenvalue weighted by Crippen LogP contribution is -2.37. The third-order valence-electron chi connectivity index (χ3n) is 3.85. The maximum absolute atomic E-state index is 13.0. The van der Waals surface area contributed by atoms with Gasteiger partial charge in [-0.2, -0.15) is 13.2 Å². The van der Waals surface area contributed by atoms with Gasteiger partial charge in [0.05, 0.1) is 11.3 Å². The van der Waals surface area contributed by atoms with Crippen LogP contribution in [0.4, 0.5) is 18.9 Å². The zero-order valence-electron chi connectivity index (χ0n) is 15.0. The van der Waals surface area contributed by atoms with E-state index in [0.717, 1.165) is 12.1 Å². The largest absolute Gasteiger partial charge is 0.418 e. The van der Waals surface area contributed by atoms with E-state index in [-0.39, 0.29) is 18.8 Å². The highest BCUT2D eigenvalue weighted by Gasteiger charge is 2.33. The molecule has 2 amide bonds. The molecule has 0 atom stereocenters. The predicted molar refractivity (Wildman–Crippen MR) is 103 cm³/mol. The molecule has 0 fully saturated rings. The molecule has 1 N–H and O–H groups in total. The van der Waals surface area contributed by atoms with E-state index in [1.807, 2.05) is 0 Å². The number of hydrogen-bond acceptors (Lipinski definition) is 2. The third-order valence-corrected chi connectivity index (χ3v) is 4.19. The first-order valence-corrected chi connectivity index (χ1v) is 8.77. The number of hydrogen-bond donors (Lipinski definition) is 1. The number of para-hydroxylation sites is 1. The fourth-order valence-corrected chi connectivity index (χ4v) is 2.62. The Balaban J connectivity index is 2.06. The molecule has 2 aromatic rings. The van der Waals surface area contributed by atoms with Gasteiger partial charge in [0.1, 0.15) is 6.54 Å². The fourth-order valence-electron chi connectivity index (χ4n) is 2.42. The second kappa shape index (κ2) is 9.41. The summed E-state index contributed by atoms with van der Waals surface area (Å²) in [6.45, 7) is 1.49. The molecule has 0 aliphatic heterocycles. The average Bonchev–Trinajstić information content (AvgIpc) is 2.64. The van der Waals surface area contributed by atoms with Crippen molar-refractivity contribution in [2.45, 2.75) is 13.1 Å². The molecule has 0 radical (unpaired) electrons. The van der Waals surface area contributed by atoms with Gasteiger partial charge in [-0.3, -0.25) is 9.59 Å². The molecule has 0 saturated heterocycles. The Labute approximate surface area is 165 Å². The van der Waals surface area contributed by atoms with E-state index in [0.29, 0.717) is 10.6 Å². The van der Waals surface area contributed by atoms with Crippen molar-refractivity contribution >= 4 is 35.2 Å². The molecule has 8 heteroatoms. The molecule has 0 saturated carbocycles. The van der Waals surface area contributed by atoms with E-state index in [9.17, 15) is 22.8 Å². The second-order valence-electron chi connectivity index (χ2n) is 5.80. The van der Waals surface area contributed by atoms with Crippen LogP contribution in [0.25, 0.3) is 6.08 Å². The zero-order valence-corrected chi connectivity index (χ0v) is 15.7. The first-order valence-electron chi connectivity index (χ1n) is 8.40. The van der Waals surface area contributed by atoms with Crippen molar-refractivity contribution in [2.24, 2.45) is 0 Å². The summed E-state index contributed by atoms with van der Waals surface area (Å²) >= 11 is 6.02. The minimum absolute atomic E-state index is 0.208. The number of carbonyl (C=O) groups excluding carboxylic acids is 2. The number of carbonyl (C=O) groups is 2. The Morgan fingerprint density at radius 2 is 1.75 bits per heavy atom. The first kappa shape index (κ1) is 21.5. The average molecular weight is 411 g/mol. The molecule has 2 rings (SSSR count).